The number of nitrogens with zero attached hydrogens (tertiary/aromatic N) is 5. The average Bonchev–Trinajstić information content (AvgIpc) is 3.00. The SMILES string of the molecule is CCCNCc1cnc(C)n1Cc1ncnn1CC. The van der Waals surface area contributed by atoms with E-state index in [9.17, 15) is 0 Å². The van der Waals surface area contributed by atoms with Crippen LogP contribution in [0.25, 0.3) is 0 Å². The van der Waals surface area contributed by atoms with E-state index in [0.29, 0.717) is 0 Å². The molecule has 1 N–H and O–H groups in total. The number of nitrogens with one attached hydrogen (secondary N) is 1. The van der Waals surface area contributed by atoms with E-state index < -0.39 is 0 Å². The summed E-state index contributed by atoms with van der Waals surface area (Å²) >= 11 is 0. The molecule has 19 heavy (non-hydrogen) atoms. The fraction of sp³-hybridized carbons (Fsp3) is 0.615. The Balaban J connectivity index is 2.13. The molecule has 104 valence electrons. The Bertz CT molecular complexity index is 513. The van der Waals surface area contributed by atoms with E-state index in [1.165, 1.54) is 5.69 Å². The lowest BCUT2D eigenvalue weighted by Crippen LogP contribution is -2.19. The van der Waals surface area contributed by atoms with Gasteiger partial charge in [0, 0.05) is 19.3 Å². The largest absolute Gasteiger partial charge is 0.323 e. The van der Waals surface area contributed by atoms with Gasteiger partial charge in [-0.15, -0.1) is 0 Å². The van der Waals surface area contributed by atoms with Crippen LogP contribution in [0.15, 0.2) is 12.5 Å². The van der Waals surface area contributed by atoms with Gasteiger partial charge in [-0.05, 0) is 26.8 Å². The predicted molar refractivity (Wildman–Crippen MR) is 73.8 cm³/mol. The quantitative estimate of drug-likeness (QED) is 0.765. The maximum Gasteiger partial charge on any atom is 0.146 e. The van der Waals surface area contributed by atoms with Gasteiger partial charge in [-0.3, -0.25) is 0 Å². The highest BCUT2D eigenvalue weighted by molar-refractivity contribution is 5.07. The van der Waals surface area contributed by atoms with Crippen molar-refractivity contribution in [3.63, 3.8) is 0 Å². The van der Waals surface area contributed by atoms with Crippen molar-refractivity contribution in [1.29, 1.82) is 0 Å². The average molecular weight is 262 g/mol. The first kappa shape index (κ1) is 13.7. The molecule has 0 atom stereocenters. The highest BCUT2D eigenvalue weighted by atomic mass is 15.3. The minimum absolute atomic E-state index is 0.725. The van der Waals surface area contributed by atoms with Crippen LogP contribution < -0.4 is 5.32 Å². The van der Waals surface area contributed by atoms with Crippen molar-refractivity contribution in [2.24, 2.45) is 0 Å². The third kappa shape index (κ3) is 3.20. The number of imidazole rings is 1. The third-order valence-corrected chi connectivity index (χ3v) is 3.17. The van der Waals surface area contributed by atoms with Gasteiger partial charge >= 0.3 is 0 Å². The number of rotatable bonds is 7. The zero-order valence-electron chi connectivity index (χ0n) is 11.9. The van der Waals surface area contributed by atoms with Gasteiger partial charge in [0.05, 0.1) is 12.2 Å². The van der Waals surface area contributed by atoms with Gasteiger partial charge in [0.1, 0.15) is 18.0 Å². The molecule has 2 aromatic heterocycles. The molecule has 0 aliphatic heterocycles. The van der Waals surface area contributed by atoms with Crippen molar-refractivity contribution in [1.82, 2.24) is 29.6 Å². The Morgan fingerprint density at radius 3 is 2.84 bits per heavy atom. The lowest BCUT2D eigenvalue weighted by molar-refractivity contribution is 0.566. The van der Waals surface area contributed by atoms with Gasteiger partial charge in [-0.25, -0.2) is 14.6 Å². The van der Waals surface area contributed by atoms with Crippen LogP contribution in [0.2, 0.25) is 0 Å². The van der Waals surface area contributed by atoms with E-state index in [0.717, 1.165) is 44.2 Å². The topological polar surface area (TPSA) is 60.6 Å². The molecule has 0 spiro atoms. The van der Waals surface area contributed by atoms with Crippen LogP contribution in [0.4, 0.5) is 0 Å². The first-order chi connectivity index (χ1) is 9.26. The Morgan fingerprint density at radius 1 is 1.26 bits per heavy atom. The van der Waals surface area contributed by atoms with Gasteiger partial charge in [0.2, 0.25) is 0 Å². The lowest BCUT2D eigenvalue weighted by atomic mass is 10.4. The first-order valence-electron chi connectivity index (χ1n) is 6.84. The molecule has 0 saturated heterocycles. The molecule has 0 amide bonds. The van der Waals surface area contributed by atoms with Crippen molar-refractivity contribution in [3.05, 3.63) is 29.9 Å². The summed E-state index contributed by atoms with van der Waals surface area (Å²) in [7, 11) is 0. The summed E-state index contributed by atoms with van der Waals surface area (Å²) in [5.41, 5.74) is 1.19. The van der Waals surface area contributed by atoms with Crippen LogP contribution >= 0.6 is 0 Å². The van der Waals surface area contributed by atoms with Crippen LogP contribution in [0.5, 0.6) is 0 Å². The van der Waals surface area contributed by atoms with E-state index in [4.69, 9.17) is 0 Å². The zero-order chi connectivity index (χ0) is 13.7. The Morgan fingerprint density at radius 2 is 2.11 bits per heavy atom. The summed E-state index contributed by atoms with van der Waals surface area (Å²) in [6.45, 7) is 9.69. The van der Waals surface area contributed by atoms with Crippen LogP contribution in [0.1, 0.15) is 37.6 Å². The second kappa shape index (κ2) is 6.47. The molecule has 0 aromatic carbocycles. The number of aryl methyl sites for hydroxylation is 2. The van der Waals surface area contributed by atoms with E-state index in [2.05, 4.69) is 38.8 Å². The second-order valence-electron chi connectivity index (χ2n) is 4.55. The van der Waals surface area contributed by atoms with E-state index >= 15 is 0 Å². The fourth-order valence-corrected chi connectivity index (χ4v) is 2.08. The molecule has 2 aromatic rings. The molecule has 0 radical (unpaired) electrons. The highest BCUT2D eigenvalue weighted by Crippen LogP contribution is 2.08. The second-order valence-corrected chi connectivity index (χ2v) is 4.55. The summed E-state index contributed by atoms with van der Waals surface area (Å²) in [6.07, 6.45) is 4.68. The Kier molecular flexibility index (Phi) is 4.68. The fourth-order valence-electron chi connectivity index (χ4n) is 2.08. The Hall–Kier alpha value is -1.69. The monoisotopic (exact) mass is 262 g/mol. The van der Waals surface area contributed by atoms with Gasteiger partial charge in [0.15, 0.2) is 0 Å². The van der Waals surface area contributed by atoms with Gasteiger partial charge in [-0.1, -0.05) is 6.92 Å². The summed E-state index contributed by atoms with van der Waals surface area (Å²) in [4.78, 5) is 8.72. The first-order valence-corrected chi connectivity index (χ1v) is 6.84. The number of hydrogen-bond acceptors (Lipinski definition) is 4. The van der Waals surface area contributed by atoms with Crippen molar-refractivity contribution >= 4 is 0 Å². The molecule has 6 nitrogen and oxygen atoms in total. The molecular weight excluding hydrogens is 240 g/mol. The van der Waals surface area contributed by atoms with Gasteiger partial charge in [-0.2, -0.15) is 5.10 Å². The molecular formula is C13H22N6. The molecule has 0 saturated carbocycles. The molecule has 2 rings (SSSR count). The Labute approximate surface area is 113 Å². The molecule has 0 fully saturated rings. The summed E-state index contributed by atoms with van der Waals surface area (Å²) < 4.78 is 4.11. The molecule has 0 aliphatic rings. The van der Waals surface area contributed by atoms with Crippen LogP contribution in [-0.2, 0) is 19.6 Å². The van der Waals surface area contributed by atoms with Crippen LogP contribution in [-0.4, -0.2) is 30.9 Å². The molecule has 0 aliphatic carbocycles. The normalized spacial score (nSPS) is 11.1. The number of hydrogen-bond donors (Lipinski definition) is 1. The minimum atomic E-state index is 0.725. The van der Waals surface area contributed by atoms with Crippen molar-refractivity contribution in [2.45, 2.75) is 46.8 Å². The van der Waals surface area contributed by atoms with Crippen molar-refractivity contribution < 1.29 is 0 Å². The lowest BCUT2D eigenvalue weighted by Gasteiger charge is -2.11. The maximum atomic E-state index is 4.40. The predicted octanol–water partition coefficient (Wildman–Crippen LogP) is 1.35. The van der Waals surface area contributed by atoms with E-state index in [1.807, 2.05) is 17.8 Å². The smallest absolute Gasteiger partial charge is 0.146 e. The van der Waals surface area contributed by atoms with Gasteiger partial charge < -0.3 is 9.88 Å². The minimum Gasteiger partial charge on any atom is -0.323 e. The summed E-state index contributed by atoms with van der Waals surface area (Å²) in [6, 6.07) is 0. The van der Waals surface area contributed by atoms with E-state index in [1.54, 1.807) is 6.33 Å². The summed E-state index contributed by atoms with van der Waals surface area (Å²) in [5, 5.41) is 7.62. The van der Waals surface area contributed by atoms with Crippen molar-refractivity contribution in [2.75, 3.05) is 6.54 Å². The van der Waals surface area contributed by atoms with E-state index in [-0.39, 0.29) is 0 Å². The summed E-state index contributed by atoms with van der Waals surface area (Å²) in [5.74, 6) is 1.99. The van der Waals surface area contributed by atoms with Crippen LogP contribution in [0.3, 0.4) is 0 Å². The van der Waals surface area contributed by atoms with Crippen molar-refractivity contribution in [3.8, 4) is 0 Å². The third-order valence-electron chi connectivity index (χ3n) is 3.17. The molecule has 6 heteroatoms. The molecule has 2 heterocycles. The number of aromatic nitrogens is 5. The standard InChI is InChI=1S/C13H22N6/c1-4-6-14-7-12-8-15-11(3)18(12)9-13-16-10-17-19(13)5-2/h8,10,14H,4-7,9H2,1-3H3. The highest BCUT2D eigenvalue weighted by Gasteiger charge is 2.10. The zero-order valence-corrected chi connectivity index (χ0v) is 11.9. The molecule has 0 unspecified atom stereocenters. The molecule has 0 bridgehead atoms. The maximum absolute atomic E-state index is 4.40. The van der Waals surface area contributed by atoms with Crippen LogP contribution in [0, 0.1) is 6.92 Å². The van der Waals surface area contributed by atoms with Gasteiger partial charge in [0.25, 0.3) is 0 Å².